The molecule has 0 aromatic heterocycles. The van der Waals surface area contributed by atoms with Gasteiger partial charge in [-0.05, 0) is 42.3 Å². The Hall–Kier alpha value is -2.60. The highest BCUT2D eigenvalue weighted by atomic mass is 35.5. The normalized spacial score (nSPS) is 11.5. The summed E-state index contributed by atoms with van der Waals surface area (Å²) in [6.07, 6.45) is 0.733. The zero-order valence-corrected chi connectivity index (χ0v) is 15.4. The molecule has 3 N–H and O–H groups in total. The number of carbonyl (C=O) groups is 2. The highest BCUT2D eigenvalue weighted by molar-refractivity contribution is 6.30. The van der Waals surface area contributed by atoms with Crippen LogP contribution in [0.4, 0.5) is 15.8 Å². The number of amides is 2. The van der Waals surface area contributed by atoms with Gasteiger partial charge < -0.3 is 16.0 Å². The van der Waals surface area contributed by atoms with Gasteiger partial charge in [0.15, 0.2) is 0 Å². The third kappa shape index (κ3) is 5.74. The second kappa shape index (κ2) is 9.20. The van der Waals surface area contributed by atoms with Gasteiger partial charge >= 0.3 is 0 Å². The summed E-state index contributed by atoms with van der Waals surface area (Å²) in [7, 11) is 0. The second-order valence-corrected chi connectivity index (χ2v) is 6.25. The predicted octanol–water partition coefficient (Wildman–Crippen LogP) is 4.12. The van der Waals surface area contributed by atoms with Gasteiger partial charge in [-0.25, -0.2) is 4.39 Å². The van der Waals surface area contributed by atoms with E-state index in [2.05, 4.69) is 16.0 Å². The maximum absolute atomic E-state index is 13.6. The molecule has 0 saturated heterocycles. The van der Waals surface area contributed by atoms with Crippen molar-refractivity contribution in [1.82, 2.24) is 5.32 Å². The SMILES string of the molecule is CC[C@H](NC(=O)CNc1ccc(F)c(NC(C)=O)c1)c1ccc(Cl)cc1. The molecular formula is C19H21ClFN3O2. The Bertz CT molecular complexity index is 781. The molecule has 0 unspecified atom stereocenters. The van der Waals surface area contributed by atoms with Gasteiger partial charge in [-0.3, -0.25) is 9.59 Å². The highest BCUT2D eigenvalue weighted by Crippen LogP contribution is 2.20. The Kier molecular flexibility index (Phi) is 6.97. The lowest BCUT2D eigenvalue weighted by Gasteiger charge is -2.18. The molecule has 0 aliphatic heterocycles. The molecule has 0 aliphatic rings. The molecule has 1 atom stereocenters. The van der Waals surface area contributed by atoms with Crippen molar-refractivity contribution in [2.75, 3.05) is 17.2 Å². The third-order valence-electron chi connectivity index (χ3n) is 3.75. The van der Waals surface area contributed by atoms with Crippen molar-refractivity contribution < 1.29 is 14.0 Å². The molecular weight excluding hydrogens is 357 g/mol. The average molecular weight is 378 g/mol. The number of carbonyl (C=O) groups excluding carboxylic acids is 2. The first-order valence-corrected chi connectivity index (χ1v) is 8.62. The maximum Gasteiger partial charge on any atom is 0.239 e. The minimum Gasteiger partial charge on any atom is -0.376 e. The fraction of sp³-hybridized carbons (Fsp3) is 0.263. The van der Waals surface area contributed by atoms with Crippen LogP contribution in [0.25, 0.3) is 0 Å². The summed E-state index contributed by atoms with van der Waals surface area (Å²) in [5.41, 5.74) is 1.57. The van der Waals surface area contributed by atoms with Crippen LogP contribution in [0.5, 0.6) is 0 Å². The van der Waals surface area contributed by atoms with Crippen LogP contribution in [0.15, 0.2) is 42.5 Å². The van der Waals surface area contributed by atoms with E-state index in [4.69, 9.17) is 11.6 Å². The van der Waals surface area contributed by atoms with Gasteiger partial charge in [0.25, 0.3) is 0 Å². The Morgan fingerprint density at radius 2 is 1.85 bits per heavy atom. The monoisotopic (exact) mass is 377 g/mol. The van der Waals surface area contributed by atoms with Crippen molar-refractivity contribution in [3.8, 4) is 0 Å². The lowest BCUT2D eigenvalue weighted by molar-refractivity contribution is -0.120. The largest absolute Gasteiger partial charge is 0.376 e. The van der Waals surface area contributed by atoms with Crippen molar-refractivity contribution in [1.29, 1.82) is 0 Å². The van der Waals surface area contributed by atoms with E-state index in [0.717, 1.165) is 12.0 Å². The first-order valence-electron chi connectivity index (χ1n) is 8.25. The molecule has 5 nitrogen and oxygen atoms in total. The van der Waals surface area contributed by atoms with Crippen LogP contribution in [0.1, 0.15) is 31.9 Å². The number of rotatable bonds is 7. The molecule has 0 saturated carbocycles. The van der Waals surface area contributed by atoms with Crippen LogP contribution >= 0.6 is 11.6 Å². The first-order chi connectivity index (χ1) is 12.4. The fourth-order valence-electron chi connectivity index (χ4n) is 2.46. The van der Waals surface area contributed by atoms with Gasteiger partial charge in [-0.1, -0.05) is 30.7 Å². The van der Waals surface area contributed by atoms with E-state index in [1.54, 1.807) is 12.1 Å². The quantitative estimate of drug-likeness (QED) is 0.679. The summed E-state index contributed by atoms with van der Waals surface area (Å²) in [5, 5.41) is 8.91. The Labute approximate surface area is 156 Å². The molecule has 0 radical (unpaired) electrons. The molecule has 7 heteroatoms. The van der Waals surface area contributed by atoms with E-state index in [9.17, 15) is 14.0 Å². The Morgan fingerprint density at radius 1 is 1.15 bits per heavy atom. The molecule has 138 valence electrons. The Balaban J connectivity index is 1.95. The van der Waals surface area contributed by atoms with Crippen LogP contribution in [0, 0.1) is 5.82 Å². The molecule has 2 aromatic carbocycles. The minimum atomic E-state index is -0.538. The molecule has 0 heterocycles. The zero-order chi connectivity index (χ0) is 19.1. The zero-order valence-electron chi connectivity index (χ0n) is 14.6. The van der Waals surface area contributed by atoms with E-state index < -0.39 is 5.82 Å². The van der Waals surface area contributed by atoms with Crippen LogP contribution in [-0.4, -0.2) is 18.4 Å². The number of hydrogen-bond donors (Lipinski definition) is 3. The highest BCUT2D eigenvalue weighted by Gasteiger charge is 2.13. The van der Waals surface area contributed by atoms with Gasteiger partial charge in [-0.15, -0.1) is 0 Å². The van der Waals surface area contributed by atoms with Gasteiger partial charge in [0.2, 0.25) is 11.8 Å². The van der Waals surface area contributed by atoms with E-state index in [1.807, 2.05) is 19.1 Å². The molecule has 0 bridgehead atoms. The standard InChI is InChI=1S/C19H21ClFN3O2/c1-3-17(13-4-6-14(20)7-5-13)24-19(26)11-22-15-8-9-16(21)18(10-15)23-12(2)25/h4-10,17,22H,3,11H2,1-2H3,(H,23,25)(H,24,26)/t17-/m0/s1. The van der Waals surface area contributed by atoms with Gasteiger partial charge in [0.05, 0.1) is 18.3 Å². The number of hydrogen-bond acceptors (Lipinski definition) is 3. The van der Waals surface area contributed by atoms with Crippen molar-refractivity contribution >= 4 is 34.8 Å². The predicted molar refractivity (Wildman–Crippen MR) is 102 cm³/mol. The van der Waals surface area contributed by atoms with Gasteiger partial charge in [0, 0.05) is 17.6 Å². The second-order valence-electron chi connectivity index (χ2n) is 5.81. The molecule has 0 spiro atoms. The van der Waals surface area contributed by atoms with Gasteiger partial charge in [0.1, 0.15) is 5.82 Å². The molecule has 26 heavy (non-hydrogen) atoms. The van der Waals surface area contributed by atoms with Crippen molar-refractivity contribution in [2.24, 2.45) is 0 Å². The summed E-state index contributed by atoms with van der Waals surface area (Å²) in [5.74, 6) is -1.10. The summed E-state index contributed by atoms with van der Waals surface area (Å²) in [6, 6.07) is 11.4. The minimum absolute atomic E-state index is 0.0230. The van der Waals surface area contributed by atoms with Crippen LogP contribution in [-0.2, 0) is 9.59 Å². The lowest BCUT2D eigenvalue weighted by atomic mass is 10.0. The number of anilines is 2. The van der Waals surface area contributed by atoms with E-state index >= 15 is 0 Å². The molecule has 2 amide bonds. The number of halogens is 2. The van der Waals surface area contributed by atoms with Crippen LogP contribution < -0.4 is 16.0 Å². The summed E-state index contributed by atoms with van der Waals surface area (Å²) in [4.78, 5) is 23.3. The van der Waals surface area contributed by atoms with Crippen LogP contribution in [0.2, 0.25) is 5.02 Å². The maximum atomic E-state index is 13.6. The van der Waals surface area contributed by atoms with Crippen molar-refractivity contribution in [2.45, 2.75) is 26.3 Å². The number of benzene rings is 2. The van der Waals surface area contributed by atoms with Crippen molar-refractivity contribution in [3.63, 3.8) is 0 Å². The Morgan fingerprint density at radius 3 is 2.46 bits per heavy atom. The van der Waals surface area contributed by atoms with E-state index in [1.165, 1.54) is 25.1 Å². The molecule has 2 rings (SSSR count). The van der Waals surface area contributed by atoms with E-state index in [0.29, 0.717) is 10.7 Å². The van der Waals surface area contributed by atoms with Crippen molar-refractivity contribution in [3.05, 3.63) is 58.9 Å². The molecule has 2 aromatic rings. The van der Waals surface area contributed by atoms with Gasteiger partial charge in [-0.2, -0.15) is 0 Å². The summed E-state index contributed by atoms with van der Waals surface area (Å²) in [6.45, 7) is 3.30. The summed E-state index contributed by atoms with van der Waals surface area (Å²) < 4.78 is 13.6. The van der Waals surface area contributed by atoms with Crippen LogP contribution in [0.3, 0.4) is 0 Å². The molecule has 0 aliphatic carbocycles. The smallest absolute Gasteiger partial charge is 0.239 e. The average Bonchev–Trinajstić information content (AvgIpc) is 2.61. The first kappa shape index (κ1) is 19.7. The number of nitrogens with one attached hydrogen (secondary N) is 3. The van der Waals surface area contributed by atoms with E-state index in [-0.39, 0.29) is 30.1 Å². The fourth-order valence-corrected chi connectivity index (χ4v) is 2.59. The summed E-state index contributed by atoms with van der Waals surface area (Å²) >= 11 is 5.89. The molecule has 0 fully saturated rings. The topological polar surface area (TPSA) is 70.2 Å². The lowest BCUT2D eigenvalue weighted by Crippen LogP contribution is -2.33. The third-order valence-corrected chi connectivity index (χ3v) is 4.00.